The lowest BCUT2D eigenvalue weighted by molar-refractivity contribution is -0.136. The van der Waals surface area contributed by atoms with Gasteiger partial charge in [-0.15, -0.1) is 0 Å². The summed E-state index contributed by atoms with van der Waals surface area (Å²) >= 11 is 3.28. The summed E-state index contributed by atoms with van der Waals surface area (Å²) in [6.07, 6.45) is -5.10. The lowest BCUT2D eigenvalue weighted by Crippen LogP contribution is -2.29. The topological polar surface area (TPSA) is 38.0 Å². The molecular formula is C10H12BrF3N2. The molecule has 0 aliphatic rings. The molecule has 1 aromatic carbocycles. The Hall–Kier alpha value is -0.590. The Morgan fingerprint density at radius 1 is 1.31 bits per heavy atom. The van der Waals surface area contributed by atoms with E-state index in [9.17, 15) is 13.2 Å². The fraction of sp³-hybridized carbons (Fsp3) is 0.400. The van der Waals surface area contributed by atoms with Gasteiger partial charge in [0.1, 0.15) is 0 Å². The summed E-state index contributed by atoms with van der Waals surface area (Å²) < 4.78 is 37.0. The van der Waals surface area contributed by atoms with Crippen LogP contribution in [0.15, 0.2) is 28.7 Å². The third kappa shape index (κ3) is 4.11. The maximum absolute atomic E-state index is 12.1. The van der Waals surface area contributed by atoms with Gasteiger partial charge in [0.25, 0.3) is 0 Å². The summed E-state index contributed by atoms with van der Waals surface area (Å²) in [5, 5.41) is 0. The number of alkyl halides is 3. The molecule has 0 aromatic heterocycles. The molecule has 0 spiro atoms. The zero-order valence-electron chi connectivity index (χ0n) is 8.39. The number of benzene rings is 1. The minimum atomic E-state index is -4.16. The standard InChI is InChI=1S/C10H12BrF3N2/c11-8-4-2-1-3-7(8)9(16-15)5-6-10(12,13)14/h1-4,9,16H,5-6,15H2. The van der Waals surface area contributed by atoms with E-state index in [0.29, 0.717) is 0 Å². The van der Waals surface area contributed by atoms with Gasteiger partial charge in [-0.05, 0) is 18.1 Å². The quantitative estimate of drug-likeness (QED) is 0.661. The van der Waals surface area contributed by atoms with Gasteiger partial charge in [0.15, 0.2) is 0 Å². The van der Waals surface area contributed by atoms with Crippen molar-refractivity contribution >= 4 is 15.9 Å². The van der Waals surface area contributed by atoms with Crippen molar-refractivity contribution in [2.45, 2.75) is 25.1 Å². The van der Waals surface area contributed by atoms with E-state index in [1.165, 1.54) is 0 Å². The highest BCUT2D eigenvalue weighted by molar-refractivity contribution is 9.10. The molecule has 1 atom stereocenters. The molecule has 2 nitrogen and oxygen atoms in total. The fourth-order valence-corrected chi connectivity index (χ4v) is 1.96. The van der Waals surface area contributed by atoms with Crippen molar-refractivity contribution in [3.63, 3.8) is 0 Å². The van der Waals surface area contributed by atoms with Gasteiger partial charge in [-0.25, -0.2) is 0 Å². The monoisotopic (exact) mass is 296 g/mol. The van der Waals surface area contributed by atoms with Crippen molar-refractivity contribution in [1.82, 2.24) is 5.43 Å². The number of nitrogens with one attached hydrogen (secondary N) is 1. The van der Waals surface area contributed by atoms with Crippen LogP contribution in [0.25, 0.3) is 0 Å². The Kier molecular flexibility index (Phi) is 4.76. The summed E-state index contributed by atoms with van der Waals surface area (Å²) in [6, 6.07) is 6.57. The highest BCUT2D eigenvalue weighted by Crippen LogP contribution is 2.30. The van der Waals surface area contributed by atoms with E-state index in [-0.39, 0.29) is 6.42 Å². The molecule has 1 unspecified atom stereocenters. The summed E-state index contributed by atoms with van der Waals surface area (Å²) in [5.74, 6) is 5.26. The molecule has 0 saturated carbocycles. The first-order chi connectivity index (χ1) is 7.44. The Morgan fingerprint density at radius 2 is 1.94 bits per heavy atom. The number of halogens is 4. The van der Waals surface area contributed by atoms with Crippen LogP contribution in [0.4, 0.5) is 13.2 Å². The van der Waals surface area contributed by atoms with Crippen LogP contribution in [0.5, 0.6) is 0 Å². The average molecular weight is 297 g/mol. The summed E-state index contributed by atoms with van der Waals surface area (Å²) in [4.78, 5) is 0. The van der Waals surface area contributed by atoms with Crippen molar-refractivity contribution in [1.29, 1.82) is 0 Å². The summed E-state index contributed by atoms with van der Waals surface area (Å²) in [6.45, 7) is 0. The number of rotatable bonds is 4. The molecular weight excluding hydrogens is 285 g/mol. The molecule has 6 heteroatoms. The van der Waals surface area contributed by atoms with E-state index in [1.807, 2.05) is 0 Å². The SMILES string of the molecule is NNC(CCC(F)(F)F)c1ccccc1Br. The normalized spacial score (nSPS) is 13.8. The van der Waals surface area contributed by atoms with Crippen molar-refractivity contribution < 1.29 is 13.2 Å². The molecule has 0 heterocycles. The molecule has 3 N–H and O–H groups in total. The van der Waals surface area contributed by atoms with Gasteiger partial charge in [0.2, 0.25) is 0 Å². The van der Waals surface area contributed by atoms with Crippen LogP contribution in [0.1, 0.15) is 24.4 Å². The van der Waals surface area contributed by atoms with Crippen LogP contribution >= 0.6 is 15.9 Å². The molecule has 90 valence electrons. The number of hydrazine groups is 1. The minimum Gasteiger partial charge on any atom is -0.271 e. The van der Waals surface area contributed by atoms with Crippen molar-refractivity contribution in [2.75, 3.05) is 0 Å². The molecule has 0 aliphatic heterocycles. The van der Waals surface area contributed by atoms with Crippen molar-refractivity contribution in [2.24, 2.45) is 5.84 Å². The predicted octanol–water partition coefficient (Wildman–Crippen LogP) is 3.30. The van der Waals surface area contributed by atoms with Crippen LogP contribution in [0.2, 0.25) is 0 Å². The smallest absolute Gasteiger partial charge is 0.271 e. The zero-order chi connectivity index (χ0) is 12.2. The highest BCUT2D eigenvalue weighted by atomic mass is 79.9. The Morgan fingerprint density at radius 3 is 2.44 bits per heavy atom. The molecule has 1 rings (SSSR count). The van der Waals surface area contributed by atoms with Crippen LogP contribution in [-0.4, -0.2) is 6.18 Å². The molecule has 0 fully saturated rings. The van der Waals surface area contributed by atoms with E-state index in [0.717, 1.165) is 10.0 Å². The molecule has 0 bridgehead atoms. The van der Waals surface area contributed by atoms with Gasteiger partial charge in [-0.1, -0.05) is 34.1 Å². The minimum absolute atomic E-state index is 0.0807. The number of hydrogen-bond acceptors (Lipinski definition) is 2. The molecule has 1 aromatic rings. The third-order valence-corrected chi connectivity index (χ3v) is 2.92. The average Bonchev–Trinajstić information content (AvgIpc) is 2.20. The largest absolute Gasteiger partial charge is 0.389 e. The number of nitrogens with two attached hydrogens (primary N) is 1. The first kappa shape index (κ1) is 13.5. The lowest BCUT2D eigenvalue weighted by atomic mass is 10.0. The maximum Gasteiger partial charge on any atom is 0.389 e. The molecule has 16 heavy (non-hydrogen) atoms. The summed E-state index contributed by atoms with van der Waals surface area (Å²) in [7, 11) is 0. The maximum atomic E-state index is 12.1. The van der Waals surface area contributed by atoms with Gasteiger partial charge in [-0.3, -0.25) is 11.3 Å². The van der Waals surface area contributed by atoms with Crippen molar-refractivity contribution in [3.05, 3.63) is 34.3 Å². The lowest BCUT2D eigenvalue weighted by Gasteiger charge is -2.18. The van der Waals surface area contributed by atoms with Crippen molar-refractivity contribution in [3.8, 4) is 0 Å². The van der Waals surface area contributed by atoms with Gasteiger partial charge in [0.05, 0.1) is 0 Å². The fourth-order valence-electron chi connectivity index (χ4n) is 1.39. The third-order valence-electron chi connectivity index (χ3n) is 2.20. The van der Waals surface area contributed by atoms with Crippen LogP contribution in [-0.2, 0) is 0 Å². The van der Waals surface area contributed by atoms with Crippen LogP contribution < -0.4 is 11.3 Å². The molecule has 0 amide bonds. The van der Waals surface area contributed by atoms with E-state index in [1.54, 1.807) is 24.3 Å². The Balaban J connectivity index is 2.72. The van der Waals surface area contributed by atoms with E-state index >= 15 is 0 Å². The van der Waals surface area contributed by atoms with E-state index < -0.39 is 18.6 Å². The second-order valence-corrected chi connectivity index (χ2v) is 4.25. The number of hydrogen-bond donors (Lipinski definition) is 2. The summed E-state index contributed by atoms with van der Waals surface area (Å²) in [5.41, 5.74) is 3.13. The highest BCUT2D eigenvalue weighted by Gasteiger charge is 2.28. The molecule has 0 radical (unpaired) electrons. The van der Waals surface area contributed by atoms with E-state index in [4.69, 9.17) is 5.84 Å². The predicted molar refractivity (Wildman–Crippen MR) is 59.5 cm³/mol. The van der Waals surface area contributed by atoms with Crippen LogP contribution in [0, 0.1) is 0 Å². The van der Waals surface area contributed by atoms with Gasteiger partial charge < -0.3 is 0 Å². The first-order valence-electron chi connectivity index (χ1n) is 4.71. The molecule has 0 aliphatic carbocycles. The van der Waals surface area contributed by atoms with E-state index in [2.05, 4.69) is 21.4 Å². The van der Waals surface area contributed by atoms with Gasteiger partial charge in [0, 0.05) is 16.9 Å². The Labute approximate surface area is 100 Å². The second-order valence-electron chi connectivity index (χ2n) is 3.39. The van der Waals surface area contributed by atoms with Crippen LogP contribution in [0.3, 0.4) is 0 Å². The zero-order valence-corrected chi connectivity index (χ0v) is 9.98. The van der Waals surface area contributed by atoms with Gasteiger partial charge >= 0.3 is 6.18 Å². The van der Waals surface area contributed by atoms with Gasteiger partial charge in [-0.2, -0.15) is 13.2 Å². The second kappa shape index (κ2) is 5.65. The molecule has 0 saturated heterocycles. The Bertz CT molecular complexity index is 341. The first-order valence-corrected chi connectivity index (χ1v) is 5.50.